The Morgan fingerprint density at radius 2 is 1.86 bits per heavy atom. The standard InChI is InChI=1S/C19H28ClN5O2S/c1-18(2,3)13-4-6-19(7-5-13)12-14(21-27-19)17(26)25-10-8-24(9-11-25)16-15(20)22-28-23-16/h13H,4-12H2,1-3H3. The predicted molar refractivity (Wildman–Crippen MR) is 111 cm³/mol. The van der Waals surface area contributed by atoms with Gasteiger partial charge in [-0.25, -0.2) is 0 Å². The molecule has 1 amide bonds. The summed E-state index contributed by atoms with van der Waals surface area (Å²) >= 11 is 7.19. The van der Waals surface area contributed by atoms with Crippen LogP contribution >= 0.6 is 23.3 Å². The maximum absolute atomic E-state index is 13.0. The molecule has 0 unspecified atom stereocenters. The SMILES string of the molecule is CC(C)(C)C1CCC2(CC1)CC(C(=O)N1CCN(c3nsnc3Cl)CC1)=NO2. The van der Waals surface area contributed by atoms with Gasteiger partial charge in [-0.3, -0.25) is 4.79 Å². The second-order valence-electron chi connectivity index (χ2n) is 9.29. The highest BCUT2D eigenvalue weighted by Gasteiger charge is 2.46. The van der Waals surface area contributed by atoms with Crippen molar-refractivity contribution in [1.82, 2.24) is 13.6 Å². The second kappa shape index (κ2) is 7.44. The van der Waals surface area contributed by atoms with E-state index in [1.54, 1.807) is 0 Å². The highest BCUT2D eigenvalue weighted by molar-refractivity contribution is 6.99. The Labute approximate surface area is 175 Å². The first-order valence-electron chi connectivity index (χ1n) is 10.0. The number of aromatic nitrogens is 2. The van der Waals surface area contributed by atoms with E-state index in [9.17, 15) is 4.79 Å². The van der Waals surface area contributed by atoms with Gasteiger partial charge in [0.05, 0.1) is 11.7 Å². The van der Waals surface area contributed by atoms with E-state index in [2.05, 4.69) is 39.6 Å². The lowest BCUT2D eigenvalue weighted by molar-refractivity contribution is -0.124. The normalized spacial score (nSPS) is 28.4. The molecule has 2 aliphatic heterocycles. The van der Waals surface area contributed by atoms with Crippen LogP contribution in [0.25, 0.3) is 0 Å². The molecule has 3 aliphatic rings. The lowest BCUT2D eigenvalue weighted by Gasteiger charge is -2.40. The van der Waals surface area contributed by atoms with Gasteiger partial charge in [0.1, 0.15) is 11.3 Å². The topological polar surface area (TPSA) is 70.9 Å². The highest BCUT2D eigenvalue weighted by Crippen LogP contribution is 2.46. The number of piperazine rings is 1. The first kappa shape index (κ1) is 19.9. The van der Waals surface area contributed by atoms with Crippen LogP contribution in [0.4, 0.5) is 5.82 Å². The van der Waals surface area contributed by atoms with Crippen molar-refractivity contribution >= 4 is 40.8 Å². The molecule has 0 bridgehead atoms. The first-order valence-corrected chi connectivity index (χ1v) is 11.2. The molecule has 154 valence electrons. The van der Waals surface area contributed by atoms with Gasteiger partial charge in [0.25, 0.3) is 5.91 Å². The lowest BCUT2D eigenvalue weighted by atomic mass is 9.67. The molecule has 0 radical (unpaired) electrons. The van der Waals surface area contributed by atoms with Crippen LogP contribution in [0.5, 0.6) is 0 Å². The Morgan fingerprint density at radius 1 is 1.18 bits per heavy atom. The number of nitrogens with zero attached hydrogens (tertiary/aromatic N) is 5. The van der Waals surface area contributed by atoms with E-state index in [0.717, 1.165) is 43.2 Å². The Balaban J connectivity index is 1.30. The third-order valence-corrected chi connectivity index (χ3v) is 7.38. The molecule has 4 rings (SSSR count). The monoisotopic (exact) mass is 425 g/mol. The van der Waals surface area contributed by atoms with Gasteiger partial charge in [-0.1, -0.05) is 37.5 Å². The third-order valence-electron chi connectivity index (χ3n) is 6.51. The molecular formula is C19H28ClN5O2S. The molecule has 3 heterocycles. The molecule has 1 saturated heterocycles. The highest BCUT2D eigenvalue weighted by atomic mass is 35.5. The molecule has 0 N–H and O–H groups in total. The summed E-state index contributed by atoms with van der Waals surface area (Å²) < 4.78 is 8.26. The Kier molecular flexibility index (Phi) is 5.29. The number of anilines is 1. The van der Waals surface area contributed by atoms with Gasteiger partial charge in [-0.15, -0.1) is 0 Å². The van der Waals surface area contributed by atoms with Crippen molar-refractivity contribution < 1.29 is 9.63 Å². The summed E-state index contributed by atoms with van der Waals surface area (Å²) in [4.78, 5) is 22.8. The average Bonchev–Trinajstić information content (AvgIpc) is 3.28. The first-order chi connectivity index (χ1) is 13.3. The van der Waals surface area contributed by atoms with Crippen LogP contribution < -0.4 is 4.90 Å². The molecule has 7 nitrogen and oxygen atoms in total. The molecule has 0 aromatic carbocycles. The largest absolute Gasteiger partial charge is 0.388 e. The number of hydrogen-bond donors (Lipinski definition) is 0. The zero-order valence-electron chi connectivity index (χ0n) is 16.8. The average molecular weight is 426 g/mol. The minimum Gasteiger partial charge on any atom is -0.388 e. The van der Waals surface area contributed by atoms with E-state index in [0.29, 0.717) is 54.8 Å². The number of rotatable bonds is 2. The van der Waals surface area contributed by atoms with E-state index in [-0.39, 0.29) is 11.5 Å². The van der Waals surface area contributed by atoms with Gasteiger partial charge in [0.15, 0.2) is 11.0 Å². The zero-order chi connectivity index (χ0) is 19.9. The summed E-state index contributed by atoms with van der Waals surface area (Å²) in [6.07, 6.45) is 4.89. The lowest BCUT2D eigenvalue weighted by Crippen LogP contribution is -2.51. The molecule has 9 heteroatoms. The van der Waals surface area contributed by atoms with Crippen LogP contribution in [0.1, 0.15) is 52.9 Å². The predicted octanol–water partition coefficient (Wildman–Crippen LogP) is 3.59. The van der Waals surface area contributed by atoms with E-state index in [1.807, 2.05) is 4.90 Å². The van der Waals surface area contributed by atoms with E-state index in [4.69, 9.17) is 16.4 Å². The Hall–Kier alpha value is -1.41. The second-order valence-corrected chi connectivity index (χ2v) is 10.2. The number of carbonyl (C=O) groups is 1. The maximum Gasteiger partial charge on any atom is 0.271 e. The molecule has 1 spiro atoms. The van der Waals surface area contributed by atoms with Crippen LogP contribution in [0.15, 0.2) is 5.16 Å². The minimum atomic E-state index is -0.256. The van der Waals surface area contributed by atoms with Crippen molar-refractivity contribution in [2.75, 3.05) is 31.1 Å². The van der Waals surface area contributed by atoms with Crippen LogP contribution in [0.3, 0.4) is 0 Å². The Morgan fingerprint density at radius 3 is 2.43 bits per heavy atom. The van der Waals surface area contributed by atoms with Crippen LogP contribution in [-0.2, 0) is 9.63 Å². The van der Waals surface area contributed by atoms with Gasteiger partial charge >= 0.3 is 0 Å². The molecule has 0 atom stereocenters. The zero-order valence-corrected chi connectivity index (χ0v) is 18.4. The summed E-state index contributed by atoms with van der Waals surface area (Å²) in [7, 11) is 0. The van der Waals surface area contributed by atoms with E-state index >= 15 is 0 Å². The van der Waals surface area contributed by atoms with Crippen molar-refractivity contribution in [2.24, 2.45) is 16.5 Å². The summed E-state index contributed by atoms with van der Waals surface area (Å²) in [5, 5.41) is 4.66. The molecule has 1 aliphatic carbocycles. The van der Waals surface area contributed by atoms with Crippen LogP contribution in [-0.4, -0.2) is 57.0 Å². The summed E-state index contributed by atoms with van der Waals surface area (Å²) in [5.74, 6) is 1.44. The van der Waals surface area contributed by atoms with Gasteiger partial charge in [0.2, 0.25) is 0 Å². The smallest absolute Gasteiger partial charge is 0.271 e. The van der Waals surface area contributed by atoms with Crippen molar-refractivity contribution in [2.45, 2.75) is 58.5 Å². The minimum absolute atomic E-state index is 0.0111. The summed E-state index contributed by atoms with van der Waals surface area (Å²) in [5.41, 5.74) is 0.653. The third kappa shape index (κ3) is 3.85. The van der Waals surface area contributed by atoms with E-state index in [1.165, 1.54) is 0 Å². The molecule has 2 fully saturated rings. The number of oxime groups is 1. The van der Waals surface area contributed by atoms with Gasteiger partial charge in [-0.2, -0.15) is 8.75 Å². The molecule has 1 aromatic heterocycles. The quantitative estimate of drug-likeness (QED) is 0.724. The maximum atomic E-state index is 13.0. The number of amides is 1. The van der Waals surface area contributed by atoms with Crippen LogP contribution in [0, 0.1) is 11.3 Å². The fraction of sp³-hybridized carbons (Fsp3) is 0.789. The van der Waals surface area contributed by atoms with Crippen molar-refractivity contribution in [3.8, 4) is 0 Å². The van der Waals surface area contributed by atoms with Crippen LogP contribution in [0.2, 0.25) is 5.15 Å². The van der Waals surface area contributed by atoms with E-state index < -0.39 is 0 Å². The fourth-order valence-electron chi connectivity index (χ4n) is 4.58. The molecule has 1 saturated carbocycles. The van der Waals surface area contributed by atoms with Gasteiger partial charge < -0.3 is 14.6 Å². The van der Waals surface area contributed by atoms with Gasteiger partial charge in [0, 0.05) is 32.6 Å². The molecule has 28 heavy (non-hydrogen) atoms. The van der Waals surface area contributed by atoms with Gasteiger partial charge in [-0.05, 0) is 37.0 Å². The van der Waals surface area contributed by atoms with Crippen molar-refractivity contribution in [3.05, 3.63) is 5.15 Å². The fourth-order valence-corrected chi connectivity index (χ4v) is 5.36. The summed E-state index contributed by atoms with van der Waals surface area (Å²) in [6, 6.07) is 0. The number of halogens is 1. The molecule has 1 aromatic rings. The Bertz CT molecular complexity index is 759. The number of carbonyl (C=O) groups excluding carboxylic acids is 1. The number of hydrogen-bond acceptors (Lipinski definition) is 7. The summed E-state index contributed by atoms with van der Waals surface area (Å²) in [6.45, 7) is 9.59. The van der Waals surface area contributed by atoms with Crippen molar-refractivity contribution in [3.63, 3.8) is 0 Å². The molecular weight excluding hydrogens is 398 g/mol. The van der Waals surface area contributed by atoms with Crippen molar-refractivity contribution in [1.29, 1.82) is 0 Å².